The third-order valence-electron chi connectivity index (χ3n) is 3.58. The summed E-state index contributed by atoms with van der Waals surface area (Å²) in [5.74, 6) is 0.249. The molecule has 0 radical (unpaired) electrons. The zero-order valence-electron chi connectivity index (χ0n) is 11.2. The lowest BCUT2D eigenvalue weighted by Crippen LogP contribution is -2.49. The van der Waals surface area contributed by atoms with Gasteiger partial charge in [-0.25, -0.2) is 0 Å². The van der Waals surface area contributed by atoms with Crippen LogP contribution in [0.15, 0.2) is 24.3 Å². The van der Waals surface area contributed by atoms with Crippen molar-refractivity contribution in [3.8, 4) is 0 Å². The van der Waals surface area contributed by atoms with Crippen LogP contribution >= 0.6 is 12.4 Å². The molecular weight excluding hydrogens is 282 g/mol. The molecule has 0 aromatic heterocycles. The van der Waals surface area contributed by atoms with Gasteiger partial charge in [0, 0.05) is 24.1 Å². The highest BCUT2D eigenvalue weighted by Gasteiger charge is 2.28. The number of halogens is 1. The predicted molar refractivity (Wildman–Crippen MR) is 77.7 cm³/mol. The van der Waals surface area contributed by atoms with Gasteiger partial charge in [0.2, 0.25) is 5.91 Å². The molecule has 6 nitrogen and oxygen atoms in total. The molecule has 7 heteroatoms. The van der Waals surface area contributed by atoms with Crippen LogP contribution in [0.4, 0.5) is 5.69 Å². The number of benzene rings is 1. The Morgan fingerprint density at radius 1 is 1.50 bits per heavy atom. The van der Waals surface area contributed by atoms with Gasteiger partial charge in [-0.3, -0.25) is 14.9 Å². The van der Waals surface area contributed by atoms with Crippen LogP contribution in [-0.4, -0.2) is 23.9 Å². The quantitative estimate of drug-likeness (QED) is 0.637. The lowest BCUT2D eigenvalue weighted by Gasteiger charge is -2.31. The summed E-state index contributed by atoms with van der Waals surface area (Å²) in [5, 5.41) is 16.7. The van der Waals surface area contributed by atoms with Crippen molar-refractivity contribution in [2.75, 3.05) is 13.1 Å². The Morgan fingerprint density at radius 2 is 2.15 bits per heavy atom. The topological polar surface area (TPSA) is 84.3 Å². The molecule has 1 amide bonds. The molecule has 1 saturated heterocycles. The fourth-order valence-corrected chi connectivity index (χ4v) is 2.06. The van der Waals surface area contributed by atoms with Gasteiger partial charge in [0.15, 0.2) is 0 Å². The van der Waals surface area contributed by atoms with E-state index in [2.05, 4.69) is 10.6 Å². The molecule has 1 aromatic carbocycles. The van der Waals surface area contributed by atoms with Crippen molar-refractivity contribution in [1.82, 2.24) is 10.6 Å². The zero-order chi connectivity index (χ0) is 13.8. The second-order valence-electron chi connectivity index (χ2n) is 4.81. The summed E-state index contributed by atoms with van der Waals surface area (Å²) in [4.78, 5) is 22.3. The maximum absolute atomic E-state index is 11.9. The summed E-state index contributed by atoms with van der Waals surface area (Å²) in [6, 6.07) is 6.45. The Bertz CT molecular complexity index is 492. The van der Waals surface area contributed by atoms with E-state index in [-0.39, 0.29) is 36.5 Å². The number of para-hydroxylation sites is 1. The van der Waals surface area contributed by atoms with Crippen LogP contribution in [0.2, 0.25) is 0 Å². The molecule has 0 saturated carbocycles. The van der Waals surface area contributed by atoms with Gasteiger partial charge in [0.25, 0.3) is 5.69 Å². The Morgan fingerprint density at radius 3 is 2.70 bits per heavy atom. The summed E-state index contributed by atoms with van der Waals surface area (Å²) in [6.07, 6.45) is 0. The van der Waals surface area contributed by atoms with Crippen LogP contribution in [0.25, 0.3) is 0 Å². The zero-order valence-corrected chi connectivity index (χ0v) is 12.0. The number of amides is 1. The Balaban J connectivity index is 0.00000200. The maximum atomic E-state index is 11.9. The van der Waals surface area contributed by atoms with Crippen LogP contribution in [0.5, 0.6) is 0 Å². The first kappa shape index (κ1) is 16.4. The third kappa shape index (κ3) is 3.68. The van der Waals surface area contributed by atoms with Crippen molar-refractivity contribution in [1.29, 1.82) is 0 Å². The van der Waals surface area contributed by atoms with Gasteiger partial charge >= 0.3 is 0 Å². The Kier molecular flexibility index (Phi) is 5.91. The summed E-state index contributed by atoms with van der Waals surface area (Å²) >= 11 is 0. The molecule has 1 aliphatic rings. The number of carbonyl (C=O) groups is 1. The number of rotatable bonds is 5. The molecular formula is C13H18ClN3O3. The third-order valence-corrected chi connectivity index (χ3v) is 3.58. The van der Waals surface area contributed by atoms with E-state index >= 15 is 0 Å². The van der Waals surface area contributed by atoms with Crippen LogP contribution in [-0.2, 0) is 11.3 Å². The molecule has 1 unspecified atom stereocenters. The van der Waals surface area contributed by atoms with Crippen LogP contribution < -0.4 is 10.6 Å². The van der Waals surface area contributed by atoms with Gasteiger partial charge in [0.1, 0.15) is 0 Å². The van der Waals surface area contributed by atoms with Crippen LogP contribution in [0, 0.1) is 22.0 Å². The molecule has 1 fully saturated rings. The van der Waals surface area contributed by atoms with E-state index in [0.29, 0.717) is 11.5 Å². The Hall–Kier alpha value is -1.66. The summed E-state index contributed by atoms with van der Waals surface area (Å²) in [6.45, 7) is 3.81. The first-order chi connectivity index (χ1) is 9.09. The smallest absolute Gasteiger partial charge is 0.274 e. The monoisotopic (exact) mass is 299 g/mol. The first-order valence-corrected chi connectivity index (χ1v) is 6.30. The molecule has 1 aromatic rings. The predicted octanol–water partition coefficient (Wildman–Crippen LogP) is 1.49. The van der Waals surface area contributed by atoms with Crippen molar-refractivity contribution in [2.24, 2.45) is 11.8 Å². The molecule has 1 atom stereocenters. The highest BCUT2D eigenvalue weighted by molar-refractivity contribution is 5.85. The fourth-order valence-electron chi connectivity index (χ4n) is 2.06. The molecule has 0 aliphatic carbocycles. The van der Waals surface area contributed by atoms with Crippen molar-refractivity contribution in [2.45, 2.75) is 13.5 Å². The lowest BCUT2D eigenvalue weighted by atomic mass is 9.88. The Labute approximate surface area is 123 Å². The summed E-state index contributed by atoms with van der Waals surface area (Å²) < 4.78 is 0. The molecule has 2 rings (SSSR count). The average molecular weight is 300 g/mol. The van der Waals surface area contributed by atoms with E-state index in [1.165, 1.54) is 6.07 Å². The van der Waals surface area contributed by atoms with Gasteiger partial charge in [-0.15, -0.1) is 12.4 Å². The molecule has 1 heterocycles. The summed E-state index contributed by atoms with van der Waals surface area (Å²) in [7, 11) is 0. The highest BCUT2D eigenvalue weighted by atomic mass is 35.5. The number of carbonyl (C=O) groups excluding carboxylic acids is 1. The van der Waals surface area contributed by atoms with Crippen molar-refractivity contribution in [3.63, 3.8) is 0 Å². The van der Waals surface area contributed by atoms with E-state index in [4.69, 9.17) is 0 Å². The molecule has 0 spiro atoms. The SMILES string of the molecule is CC(C(=O)NCc1ccccc1[N+](=O)[O-])C1CNC1.Cl. The van der Waals surface area contributed by atoms with E-state index < -0.39 is 4.92 Å². The standard InChI is InChI=1S/C13H17N3O3.ClH/c1-9(11-6-14-7-11)13(17)15-8-10-4-2-3-5-12(10)16(18)19;/h2-5,9,11,14H,6-8H2,1H3,(H,15,17);1H. The average Bonchev–Trinajstić information content (AvgIpc) is 2.34. The van der Waals surface area contributed by atoms with Gasteiger partial charge in [0.05, 0.1) is 4.92 Å². The lowest BCUT2D eigenvalue weighted by molar-refractivity contribution is -0.385. The van der Waals surface area contributed by atoms with E-state index in [9.17, 15) is 14.9 Å². The largest absolute Gasteiger partial charge is 0.352 e. The van der Waals surface area contributed by atoms with Gasteiger partial charge in [-0.1, -0.05) is 25.1 Å². The van der Waals surface area contributed by atoms with Crippen molar-refractivity contribution in [3.05, 3.63) is 39.9 Å². The van der Waals surface area contributed by atoms with Crippen LogP contribution in [0.1, 0.15) is 12.5 Å². The molecule has 20 heavy (non-hydrogen) atoms. The number of hydrogen-bond acceptors (Lipinski definition) is 4. The number of nitro groups is 1. The molecule has 0 bridgehead atoms. The van der Waals surface area contributed by atoms with Crippen molar-refractivity contribution >= 4 is 24.0 Å². The van der Waals surface area contributed by atoms with Crippen LogP contribution in [0.3, 0.4) is 0 Å². The van der Waals surface area contributed by atoms with E-state index in [1.54, 1.807) is 18.2 Å². The number of nitrogens with one attached hydrogen (secondary N) is 2. The number of hydrogen-bond donors (Lipinski definition) is 2. The number of nitrogens with zero attached hydrogens (tertiary/aromatic N) is 1. The van der Waals surface area contributed by atoms with Gasteiger partial charge in [-0.05, 0) is 19.0 Å². The highest BCUT2D eigenvalue weighted by Crippen LogP contribution is 2.19. The van der Waals surface area contributed by atoms with Gasteiger partial charge in [-0.2, -0.15) is 0 Å². The van der Waals surface area contributed by atoms with E-state index in [1.807, 2.05) is 6.92 Å². The maximum Gasteiger partial charge on any atom is 0.274 e. The molecule has 110 valence electrons. The van der Waals surface area contributed by atoms with E-state index in [0.717, 1.165) is 13.1 Å². The molecule has 1 aliphatic heterocycles. The minimum absolute atomic E-state index is 0. The second-order valence-corrected chi connectivity index (χ2v) is 4.81. The van der Waals surface area contributed by atoms with Crippen molar-refractivity contribution < 1.29 is 9.72 Å². The normalized spacial score (nSPS) is 15.7. The fraction of sp³-hybridized carbons (Fsp3) is 0.462. The first-order valence-electron chi connectivity index (χ1n) is 6.30. The summed E-state index contributed by atoms with van der Waals surface area (Å²) in [5.41, 5.74) is 0.570. The molecule has 2 N–H and O–H groups in total. The second kappa shape index (κ2) is 7.21. The number of nitro benzene ring substituents is 1. The van der Waals surface area contributed by atoms with Gasteiger partial charge < -0.3 is 10.6 Å². The minimum Gasteiger partial charge on any atom is -0.352 e. The minimum atomic E-state index is -0.430.